The number of phenolic OH excluding ortho intramolecular Hbond substituents is 1. The summed E-state index contributed by atoms with van der Waals surface area (Å²) in [4.78, 5) is 33.7. The number of hydrogen-bond acceptors (Lipinski definition) is 6. The van der Waals surface area contributed by atoms with Gasteiger partial charge in [-0.15, -0.1) is 0 Å². The summed E-state index contributed by atoms with van der Waals surface area (Å²) >= 11 is 0. The van der Waals surface area contributed by atoms with E-state index in [1.165, 1.54) is 28.9 Å². The topological polar surface area (TPSA) is 111 Å². The number of carbonyl (C=O) groups is 1. The summed E-state index contributed by atoms with van der Waals surface area (Å²) in [6.07, 6.45) is 5.21. The molecule has 1 aromatic heterocycles. The molecule has 1 unspecified atom stereocenters. The molecule has 2 bridgehead atoms. The fourth-order valence-electron chi connectivity index (χ4n) is 8.76. The van der Waals surface area contributed by atoms with Gasteiger partial charge in [0.15, 0.2) is 9.84 Å². The van der Waals surface area contributed by atoms with E-state index in [1.54, 1.807) is 6.07 Å². The summed E-state index contributed by atoms with van der Waals surface area (Å²) in [5.41, 5.74) is 4.30. The zero-order valence-electron chi connectivity index (χ0n) is 20.7. The van der Waals surface area contributed by atoms with Gasteiger partial charge in [0.2, 0.25) is 0 Å². The van der Waals surface area contributed by atoms with Crippen LogP contribution in [0.5, 0.6) is 5.75 Å². The fourth-order valence-corrected chi connectivity index (χ4v) is 9.96. The fraction of sp³-hybridized carbons (Fsp3) is 0.571. The van der Waals surface area contributed by atoms with E-state index in [2.05, 4.69) is 16.0 Å². The number of nitrogens with zero attached hydrogens (tertiary/aromatic N) is 2. The lowest BCUT2D eigenvalue weighted by atomic mass is 9.58. The molecule has 2 aromatic rings. The highest BCUT2D eigenvalue weighted by Crippen LogP contribution is 2.71. The third-order valence-electron chi connectivity index (χ3n) is 10.4. The van der Waals surface area contributed by atoms with Crippen molar-refractivity contribution in [1.29, 1.82) is 0 Å². The maximum absolute atomic E-state index is 13.3. The van der Waals surface area contributed by atoms with Gasteiger partial charge in [-0.3, -0.25) is 14.5 Å². The number of aromatic amines is 1. The van der Waals surface area contributed by atoms with Gasteiger partial charge in [-0.1, -0.05) is 6.07 Å². The van der Waals surface area contributed by atoms with Crippen LogP contribution in [0.25, 0.3) is 0 Å². The molecule has 2 saturated carbocycles. The number of aromatic hydroxyl groups is 1. The summed E-state index contributed by atoms with van der Waals surface area (Å²) in [5.74, 6) is 0.994. The third-order valence-corrected chi connectivity index (χ3v) is 12.1. The van der Waals surface area contributed by atoms with Crippen molar-refractivity contribution >= 4 is 15.7 Å². The highest BCUT2D eigenvalue weighted by Gasteiger charge is 2.74. The number of fused-ring (bicyclic) bond motifs is 3. The predicted octanol–water partition coefficient (Wildman–Crippen LogP) is 1.35. The van der Waals surface area contributed by atoms with Crippen molar-refractivity contribution in [3.63, 3.8) is 0 Å². The average Bonchev–Trinajstić information content (AvgIpc) is 3.58. The Labute approximate surface area is 215 Å². The van der Waals surface area contributed by atoms with Crippen molar-refractivity contribution in [1.82, 2.24) is 14.8 Å². The van der Waals surface area contributed by atoms with Crippen LogP contribution in [0.3, 0.4) is 0 Å². The minimum absolute atomic E-state index is 0.0565. The van der Waals surface area contributed by atoms with Gasteiger partial charge in [0.25, 0.3) is 11.5 Å². The Hall–Kier alpha value is -2.65. The summed E-state index contributed by atoms with van der Waals surface area (Å²) in [5, 5.41) is 10.4. The van der Waals surface area contributed by atoms with E-state index < -0.39 is 15.4 Å². The molecule has 4 atom stereocenters. The van der Waals surface area contributed by atoms with Crippen LogP contribution in [0.4, 0.5) is 0 Å². The van der Waals surface area contributed by atoms with Crippen molar-refractivity contribution in [3.8, 4) is 5.75 Å². The van der Waals surface area contributed by atoms with Gasteiger partial charge < -0.3 is 15.0 Å². The number of hydrogen-bond donors (Lipinski definition) is 2. The number of H-pyrrole nitrogens is 1. The van der Waals surface area contributed by atoms with Crippen molar-refractivity contribution in [3.05, 3.63) is 62.6 Å². The number of rotatable bonds is 3. The maximum Gasteiger partial charge on any atom is 0.261 e. The number of sulfone groups is 1. The molecule has 2 aliphatic heterocycles. The zero-order valence-corrected chi connectivity index (χ0v) is 21.5. The van der Waals surface area contributed by atoms with Crippen LogP contribution < -0.4 is 5.56 Å². The number of likely N-dealkylation sites (tertiary alicyclic amines) is 1. The van der Waals surface area contributed by atoms with E-state index in [0.29, 0.717) is 24.1 Å². The van der Waals surface area contributed by atoms with Crippen molar-refractivity contribution in [2.45, 2.75) is 49.0 Å². The number of pyridine rings is 1. The second kappa shape index (κ2) is 7.05. The molecule has 4 aliphatic carbocycles. The number of carbonyl (C=O) groups excluding carboxylic acids is 1. The number of nitrogens with one attached hydrogen (secondary N) is 1. The van der Waals surface area contributed by atoms with E-state index >= 15 is 0 Å². The smallest absolute Gasteiger partial charge is 0.261 e. The molecule has 4 fully saturated rings. The van der Waals surface area contributed by atoms with Crippen LogP contribution in [-0.2, 0) is 33.5 Å². The molecule has 2 spiro atoms. The Bertz CT molecular complexity index is 1530. The molecule has 3 heterocycles. The van der Waals surface area contributed by atoms with E-state index in [4.69, 9.17) is 0 Å². The molecule has 2 saturated heterocycles. The summed E-state index contributed by atoms with van der Waals surface area (Å²) in [6.45, 7) is 2.49. The number of amides is 1. The van der Waals surface area contributed by atoms with Crippen LogP contribution in [0.1, 0.15) is 52.0 Å². The lowest BCUT2D eigenvalue weighted by molar-refractivity contribution is -0.0271. The van der Waals surface area contributed by atoms with Gasteiger partial charge in [0.1, 0.15) is 11.3 Å². The van der Waals surface area contributed by atoms with Crippen LogP contribution in [-0.4, -0.2) is 77.9 Å². The van der Waals surface area contributed by atoms with Crippen molar-refractivity contribution < 1.29 is 18.3 Å². The van der Waals surface area contributed by atoms with Gasteiger partial charge in [-0.05, 0) is 78.8 Å². The van der Waals surface area contributed by atoms with Crippen LogP contribution in [0.2, 0.25) is 0 Å². The highest BCUT2D eigenvalue weighted by atomic mass is 32.2. The lowest BCUT2D eigenvalue weighted by Gasteiger charge is -2.59. The predicted molar refractivity (Wildman–Crippen MR) is 137 cm³/mol. The largest absolute Gasteiger partial charge is 0.508 e. The molecule has 2 N–H and O–H groups in total. The Morgan fingerprint density at radius 1 is 1.11 bits per heavy atom. The summed E-state index contributed by atoms with van der Waals surface area (Å²) in [7, 11) is -3.12. The van der Waals surface area contributed by atoms with E-state index in [0.717, 1.165) is 43.1 Å². The maximum atomic E-state index is 13.3. The average molecular weight is 522 g/mol. The molecular formula is C28H31N3O5S. The zero-order chi connectivity index (χ0) is 25.3. The lowest BCUT2D eigenvalue weighted by Crippen LogP contribution is -2.68. The van der Waals surface area contributed by atoms with E-state index in [1.807, 2.05) is 12.1 Å². The van der Waals surface area contributed by atoms with Crippen LogP contribution in [0.15, 0.2) is 29.1 Å². The molecule has 0 radical (unpaired) electrons. The first-order valence-corrected chi connectivity index (χ1v) is 15.3. The molecule has 8 rings (SSSR count). The van der Waals surface area contributed by atoms with Gasteiger partial charge in [-0.25, -0.2) is 8.42 Å². The molecule has 37 heavy (non-hydrogen) atoms. The molecule has 1 aromatic carbocycles. The minimum Gasteiger partial charge on any atom is -0.508 e. The van der Waals surface area contributed by atoms with Crippen molar-refractivity contribution in [2.75, 3.05) is 37.7 Å². The molecule has 1 amide bonds. The molecule has 9 heteroatoms. The Morgan fingerprint density at radius 2 is 1.89 bits per heavy atom. The minimum atomic E-state index is -3.12. The number of benzene rings is 1. The Kier molecular flexibility index (Phi) is 4.26. The Morgan fingerprint density at radius 3 is 2.65 bits per heavy atom. The van der Waals surface area contributed by atoms with E-state index in [9.17, 15) is 23.1 Å². The molecule has 194 valence electrons. The molecular weight excluding hydrogens is 490 g/mol. The normalized spacial score (nSPS) is 34.8. The van der Waals surface area contributed by atoms with Gasteiger partial charge in [0.05, 0.1) is 11.5 Å². The Balaban J connectivity index is 1.18. The van der Waals surface area contributed by atoms with Gasteiger partial charge in [-0.2, -0.15) is 0 Å². The van der Waals surface area contributed by atoms with Gasteiger partial charge >= 0.3 is 0 Å². The SMILES string of the molecule is O=C(c1cc2c([nH]c1=O)C[C@@]13CC4(CN(CC5CC5)[C@H]4[C@@H]1C2)c1ccc(O)cc13)N1CCS(=O)(=O)CC1. The summed E-state index contributed by atoms with van der Waals surface area (Å²) < 4.78 is 23.6. The third kappa shape index (κ3) is 2.95. The number of aromatic nitrogens is 1. The molecule has 8 nitrogen and oxygen atoms in total. The monoisotopic (exact) mass is 521 g/mol. The van der Waals surface area contributed by atoms with Crippen LogP contribution >= 0.6 is 0 Å². The van der Waals surface area contributed by atoms with Gasteiger partial charge in [0, 0.05) is 48.7 Å². The summed E-state index contributed by atoms with van der Waals surface area (Å²) in [6, 6.07) is 8.16. The second-order valence-electron chi connectivity index (χ2n) is 12.5. The first kappa shape index (κ1) is 22.3. The first-order chi connectivity index (χ1) is 17.7. The van der Waals surface area contributed by atoms with E-state index in [-0.39, 0.29) is 46.9 Å². The number of phenols is 1. The van der Waals surface area contributed by atoms with Crippen molar-refractivity contribution in [2.24, 2.45) is 11.8 Å². The highest BCUT2D eigenvalue weighted by molar-refractivity contribution is 7.91. The molecule has 6 aliphatic rings. The standard InChI is InChI=1S/C28H31N3O5S/c32-18-3-4-20-21(11-18)27-12-23-17(10-22(27)24-28(20,14-27)15-31(24)13-16-1-2-16)9-19(25(33)29-23)26(34)30-5-7-37(35,36)8-6-30/h3-4,9,11,16,22,24,32H,1-2,5-8,10,12-15H2,(H,29,33)/t22-,24-,27-,28?/m0/s1. The first-order valence-electron chi connectivity index (χ1n) is 13.5. The quantitative estimate of drug-likeness (QED) is 0.631. The second-order valence-corrected chi connectivity index (χ2v) is 14.8. The van der Waals surface area contributed by atoms with Crippen LogP contribution in [0, 0.1) is 11.8 Å².